The molecule has 2 heteroatoms. The van der Waals surface area contributed by atoms with Gasteiger partial charge in [0.05, 0.1) is 5.69 Å². The lowest BCUT2D eigenvalue weighted by atomic mass is 9.94. The van der Waals surface area contributed by atoms with Gasteiger partial charge in [0, 0.05) is 17.3 Å². The van der Waals surface area contributed by atoms with Crippen molar-refractivity contribution >= 4 is 13.3 Å². The van der Waals surface area contributed by atoms with Gasteiger partial charge in [-0.25, -0.2) is 0 Å². The van der Waals surface area contributed by atoms with Crippen LogP contribution in [0, 0.1) is 6.92 Å². The lowest BCUT2D eigenvalue weighted by Gasteiger charge is -2.08. The van der Waals surface area contributed by atoms with Crippen molar-refractivity contribution in [2.45, 2.75) is 6.92 Å². The first-order chi connectivity index (χ1) is 9.74. The average Bonchev–Trinajstić information content (AvgIpc) is 2.49. The molecule has 0 saturated heterocycles. The zero-order valence-electron chi connectivity index (χ0n) is 11.4. The highest BCUT2D eigenvalue weighted by molar-refractivity contribution is 6.32. The van der Waals surface area contributed by atoms with Gasteiger partial charge >= 0.3 is 0 Å². The summed E-state index contributed by atoms with van der Waals surface area (Å²) in [5, 5.41) is 0. The van der Waals surface area contributed by atoms with Crippen LogP contribution in [0.1, 0.15) is 5.56 Å². The largest absolute Gasteiger partial charge is 0.256 e. The van der Waals surface area contributed by atoms with Crippen LogP contribution < -0.4 is 5.46 Å². The van der Waals surface area contributed by atoms with Crippen LogP contribution in [-0.2, 0) is 0 Å². The van der Waals surface area contributed by atoms with Crippen LogP contribution in [-0.4, -0.2) is 12.8 Å². The van der Waals surface area contributed by atoms with Crippen molar-refractivity contribution < 1.29 is 0 Å². The molecule has 0 spiro atoms. The van der Waals surface area contributed by atoms with E-state index >= 15 is 0 Å². The molecule has 0 N–H and O–H groups in total. The Hall–Kier alpha value is -2.35. The highest BCUT2D eigenvalue weighted by Gasteiger charge is 2.05. The van der Waals surface area contributed by atoms with Crippen molar-refractivity contribution in [1.29, 1.82) is 0 Å². The maximum Gasteiger partial charge on any atom is 0.113 e. The van der Waals surface area contributed by atoms with Crippen LogP contribution >= 0.6 is 0 Å². The minimum atomic E-state index is 0.770. The molecule has 3 aromatic rings. The molecular formula is C18H14BN. The van der Waals surface area contributed by atoms with Crippen LogP contribution in [0.3, 0.4) is 0 Å². The molecule has 0 atom stereocenters. The minimum Gasteiger partial charge on any atom is -0.256 e. The summed E-state index contributed by atoms with van der Waals surface area (Å²) in [5.74, 6) is 0. The molecule has 1 heterocycles. The van der Waals surface area contributed by atoms with E-state index in [1.165, 1.54) is 16.7 Å². The second-order valence-corrected chi connectivity index (χ2v) is 4.87. The van der Waals surface area contributed by atoms with E-state index < -0.39 is 0 Å². The Bertz CT molecular complexity index is 718. The van der Waals surface area contributed by atoms with Crippen LogP contribution in [0.15, 0.2) is 66.9 Å². The standard InChI is InChI=1S/C18H14BN/c1-13-11-18(15-7-9-16(19)10-8-15)20-12-17(13)14-5-3-2-4-6-14/h2-12H,1H3. The summed E-state index contributed by atoms with van der Waals surface area (Å²) in [4.78, 5) is 4.58. The number of nitrogens with zero attached hydrogens (tertiary/aromatic N) is 1. The van der Waals surface area contributed by atoms with Crippen molar-refractivity contribution in [2.75, 3.05) is 0 Å². The van der Waals surface area contributed by atoms with Gasteiger partial charge in [0.25, 0.3) is 0 Å². The quantitative estimate of drug-likeness (QED) is 0.638. The van der Waals surface area contributed by atoms with Crippen LogP contribution in [0.4, 0.5) is 0 Å². The third-order valence-corrected chi connectivity index (χ3v) is 3.40. The molecule has 2 radical (unpaired) electrons. The molecule has 94 valence electrons. The third-order valence-electron chi connectivity index (χ3n) is 3.40. The minimum absolute atomic E-state index is 0.770. The first-order valence-electron chi connectivity index (χ1n) is 6.62. The van der Waals surface area contributed by atoms with E-state index in [-0.39, 0.29) is 0 Å². The van der Waals surface area contributed by atoms with E-state index in [2.05, 4.69) is 30.1 Å². The lowest BCUT2D eigenvalue weighted by Crippen LogP contribution is -1.99. The third kappa shape index (κ3) is 2.50. The fraction of sp³-hybridized carbons (Fsp3) is 0.0556. The average molecular weight is 255 g/mol. The van der Waals surface area contributed by atoms with Gasteiger partial charge in [0.2, 0.25) is 0 Å². The maximum absolute atomic E-state index is 5.71. The summed E-state index contributed by atoms with van der Waals surface area (Å²) in [6, 6.07) is 20.2. The molecule has 0 fully saturated rings. The number of hydrogen-bond acceptors (Lipinski definition) is 1. The molecular weight excluding hydrogens is 241 g/mol. The molecule has 0 bridgehead atoms. The van der Waals surface area contributed by atoms with Gasteiger partial charge in [-0.05, 0) is 24.1 Å². The number of pyridine rings is 1. The first kappa shape index (κ1) is 12.7. The van der Waals surface area contributed by atoms with Gasteiger partial charge in [-0.15, -0.1) is 0 Å². The second-order valence-electron chi connectivity index (χ2n) is 4.87. The Morgan fingerprint density at radius 3 is 2.20 bits per heavy atom. The number of rotatable bonds is 2. The zero-order valence-corrected chi connectivity index (χ0v) is 11.4. The van der Waals surface area contributed by atoms with E-state index in [4.69, 9.17) is 7.85 Å². The van der Waals surface area contributed by atoms with Gasteiger partial charge < -0.3 is 0 Å². The van der Waals surface area contributed by atoms with E-state index in [0.717, 1.165) is 16.7 Å². The molecule has 0 amide bonds. The van der Waals surface area contributed by atoms with E-state index in [0.29, 0.717) is 0 Å². The number of benzene rings is 2. The summed E-state index contributed by atoms with van der Waals surface area (Å²) >= 11 is 0. The monoisotopic (exact) mass is 255 g/mol. The van der Waals surface area contributed by atoms with Gasteiger partial charge in [-0.3, -0.25) is 4.98 Å². The molecule has 1 aromatic heterocycles. The summed E-state index contributed by atoms with van der Waals surface area (Å²) in [5.41, 5.74) is 6.42. The molecule has 2 aromatic carbocycles. The van der Waals surface area contributed by atoms with Crippen molar-refractivity contribution in [3.8, 4) is 22.4 Å². The van der Waals surface area contributed by atoms with Crippen LogP contribution in [0.2, 0.25) is 0 Å². The van der Waals surface area contributed by atoms with Gasteiger partial charge in [0.15, 0.2) is 0 Å². The van der Waals surface area contributed by atoms with Gasteiger partial charge in [0.1, 0.15) is 7.85 Å². The summed E-state index contributed by atoms with van der Waals surface area (Å²) in [6.45, 7) is 2.12. The molecule has 20 heavy (non-hydrogen) atoms. The fourth-order valence-corrected chi connectivity index (χ4v) is 2.29. The topological polar surface area (TPSA) is 12.9 Å². The molecule has 3 rings (SSSR count). The molecule has 0 saturated carbocycles. The van der Waals surface area contributed by atoms with Crippen molar-refractivity contribution in [3.05, 3.63) is 72.4 Å². The Balaban J connectivity index is 2.01. The smallest absolute Gasteiger partial charge is 0.113 e. The molecule has 1 nitrogen and oxygen atoms in total. The molecule has 0 unspecified atom stereocenters. The first-order valence-corrected chi connectivity index (χ1v) is 6.62. The van der Waals surface area contributed by atoms with Crippen molar-refractivity contribution in [1.82, 2.24) is 4.98 Å². The van der Waals surface area contributed by atoms with E-state index in [9.17, 15) is 0 Å². The van der Waals surface area contributed by atoms with E-state index in [1.807, 2.05) is 48.7 Å². The Kier molecular flexibility index (Phi) is 3.38. The predicted molar refractivity (Wildman–Crippen MR) is 85.2 cm³/mol. The van der Waals surface area contributed by atoms with Crippen LogP contribution in [0.5, 0.6) is 0 Å². The van der Waals surface area contributed by atoms with Gasteiger partial charge in [-0.2, -0.15) is 0 Å². The number of aromatic nitrogens is 1. The Morgan fingerprint density at radius 1 is 0.850 bits per heavy atom. The van der Waals surface area contributed by atoms with Crippen molar-refractivity contribution in [2.24, 2.45) is 0 Å². The summed E-state index contributed by atoms with van der Waals surface area (Å²) in [7, 11) is 5.71. The normalized spacial score (nSPS) is 10.4. The van der Waals surface area contributed by atoms with Gasteiger partial charge in [-0.1, -0.05) is 60.1 Å². The zero-order chi connectivity index (χ0) is 13.9. The SMILES string of the molecule is [B]c1ccc(-c2cc(C)c(-c3ccccc3)cn2)cc1. The maximum atomic E-state index is 5.71. The Labute approximate surface area is 120 Å². The van der Waals surface area contributed by atoms with Crippen molar-refractivity contribution in [3.63, 3.8) is 0 Å². The molecule has 0 aliphatic rings. The number of aryl methyl sites for hydroxylation is 1. The van der Waals surface area contributed by atoms with Crippen LogP contribution in [0.25, 0.3) is 22.4 Å². The molecule has 0 aliphatic heterocycles. The second kappa shape index (κ2) is 5.34. The lowest BCUT2D eigenvalue weighted by molar-refractivity contribution is 1.29. The summed E-state index contributed by atoms with van der Waals surface area (Å²) < 4.78 is 0. The van der Waals surface area contributed by atoms with E-state index in [1.54, 1.807) is 0 Å². The highest BCUT2D eigenvalue weighted by atomic mass is 14.7. The number of hydrogen-bond donors (Lipinski definition) is 0. The summed E-state index contributed by atoms with van der Waals surface area (Å²) in [6.07, 6.45) is 1.94. The predicted octanol–water partition coefficient (Wildman–Crippen LogP) is 3.52. The highest BCUT2D eigenvalue weighted by Crippen LogP contribution is 2.25. The molecule has 0 aliphatic carbocycles. The fourth-order valence-electron chi connectivity index (χ4n) is 2.29. The Morgan fingerprint density at radius 2 is 1.55 bits per heavy atom.